The second kappa shape index (κ2) is 7.78. The molecule has 0 aliphatic carbocycles. The van der Waals surface area contributed by atoms with Gasteiger partial charge in [0.15, 0.2) is 0 Å². The van der Waals surface area contributed by atoms with Crippen LogP contribution < -0.4 is 10.6 Å². The lowest BCUT2D eigenvalue weighted by Gasteiger charge is -2.13. The molecule has 1 unspecified atom stereocenters. The van der Waals surface area contributed by atoms with Crippen molar-refractivity contribution in [1.82, 2.24) is 10.3 Å². The SMILES string of the molecule is CCCNc1ccnc(C(=O)NC(C)Cc2ccsc2)c1. The molecule has 5 heteroatoms. The minimum Gasteiger partial charge on any atom is -0.385 e. The summed E-state index contributed by atoms with van der Waals surface area (Å²) in [6, 6.07) is 5.84. The number of nitrogens with one attached hydrogen (secondary N) is 2. The Hall–Kier alpha value is -1.88. The summed E-state index contributed by atoms with van der Waals surface area (Å²) in [6.45, 7) is 5.00. The van der Waals surface area contributed by atoms with Crippen molar-refractivity contribution in [3.8, 4) is 0 Å². The quantitative estimate of drug-likeness (QED) is 0.825. The molecule has 2 aromatic heterocycles. The molecule has 0 radical (unpaired) electrons. The van der Waals surface area contributed by atoms with Crippen molar-refractivity contribution >= 4 is 22.9 Å². The molecule has 2 aromatic rings. The van der Waals surface area contributed by atoms with Crippen molar-refractivity contribution < 1.29 is 4.79 Å². The molecule has 0 aliphatic heterocycles. The van der Waals surface area contributed by atoms with Gasteiger partial charge in [0.05, 0.1) is 0 Å². The fourth-order valence-electron chi connectivity index (χ4n) is 2.05. The molecule has 2 heterocycles. The average Bonchev–Trinajstić information content (AvgIpc) is 2.98. The zero-order valence-electron chi connectivity index (χ0n) is 12.4. The van der Waals surface area contributed by atoms with Gasteiger partial charge in [0.2, 0.25) is 0 Å². The molecule has 21 heavy (non-hydrogen) atoms. The molecule has 0 aromatic carbocycles. The highest BCUT2D eigenvalue weighted by Crippen LogP contribution is 2.10. The summed E-state index contributed by atoms with van der Waals surface area (Å²) in [4.78, 5) is 16.4. The molecule has 112 valence electrons. The van der Waals surface area contributed by atoms with E-state index < -0.39 is 0 Å². The van der Waals surface area contributed by atoms with E-state index >= 15 is 0 Å². The molecular formula is C16H21N3OS. The number of carbonyl (C=O) groups excluding carboxylic acids is 1. The molecular weight excluding hydrogens is 282 g/mol. The summed E-state index contributed by atoms with van der Waals surface area (Å²) in [5.74, 6) is -0.127. The van der Waals surface area contributed by atoms with Gasteiger partial charge in [0, 0.05) is 24.5 Å². The second-order valence-corrected chi connectivity index (χ2v) is 5.85. The van der Waals surface area contributed by atoms with Gasteiger partial charge in [0.1, 0.15) is 5.69 Å². The van der Waals surface area contributed by atoms with E-state index in [1.807, 2.05) is 18.4 Å². The van der Waals surface area contributed by atoms with Crippen LogP contribution in [0.3, 0.4) is 0 Å². The molecule has 0 fully saturated rings. The first kappa shape index (κ1) is 15.5. The number of hydrogen-bond donors (Lipinski definition) is 2. The lowest BCUT2D eigenvalue weighted by molar-refractivity contribution is 0.0935. The van der Waals surface area contributed by atoms with Crippen molar-refractivity contribution in [3.05, 3.63) is 46.4 Å². The lowest BCUT2D eigenvalue weighted by atomic mass is 10.1. The van der Waals surface area contributed by atoms with Crippen LogP contribution in [0.25, 0.3) is 0 Å². The fraction of sp³-hybridized carbons (Fsp3) is 0.375. The Morgan fingerprint density at radius 3 is 3.00 bits per heavy atom. The van der Waals surface area contributed by atoms with E-state index in [1.54, 1.807) is 23.6 Å². The lowest BCUT2D eigenvalue weighted by Crippen LogP contribution is -2.34. The molecule has 2 N–H and O–H groups in total. The first-order valence-corrected chi connectivity index (χ1v) is 8.15. The smallest absolute Gasteiger partial charge is 0.270 e. The van der Waals surface area contributed by atoms with Gasteiger partial charge in [-0.2, -0.15) is 11.3 Å². The molecule has 0 spiro atoms. The number of rotatable bonds is 7. The van der Waals surface area contributed by atoms with Crippen LogP contribution in [0.5, 0.6) is 0 Å². The summed E-state index contributed by atoms with van der Waals surface area (Å²) < 4.78 is 0. The van der Waals surface area contributed by atoms with Crippen LogP contribution in [0.2, 0.25) is 0 Å². The Kier molecular flexibility index (Phi) is 5.75. The number of anilines is 1. The Labute approximate surface area is 129 Å². The highest BCUT2D eigenvalue weighted by Gasteiger charge is 2.12. The molecule has 0 saturated heterocycles. The topological polar surface area (TPSA) is 54.0 Å². The first-order valence-electron chi connectivity index (χ1n) is 7.21. The van der Waals surface area contributed by atoms with Crippen LogP contribution in [0.1, 0.15) is 36.3 Å². The maximum absolute atomic E-state index is 12.2. The minimum absolute atomic E-state index is 0.0844. The van der Waals surface area contributed by atoms with E-state index in [-0.39, 0.29) is 11.9 Å². The van der Waals surface area contributed by atoms with Crippen molar-refractivity contribution in [2.75, 3.05) is 11.9 Å². The number of aromatic nitrogens is 1. The van der Waals surface area contributed by atoms with Crippen molar-refractivity contribution in [1.29, 1.82) is 0 Å². The largest absolute Gasteiger partial charge is 0.385 e. The zero-order chi connectivity index (χ0) is 15.1. The summed E-state index contributed by atoms with van der Waals surface area (Å²) in [7, 11) is 0. The molecule has 0 bridgehead atoms. The van der Waals surface area contributed by atoms with E-state index in [1.165, 1.54) is 5.56 Å². The van der Waals surface area contributed by atoms with E-state index in [0.29, 0.717) is 5.69 Å². The standard InChI is InChI=1S/C16H21N3OS/c1-3-6-17-14-4-7-18-15(10-14)16(20)19-12(2)9-13-5-8-21-11-13/h4-5,7-8,10-12H,3,6,9H2,1-2H3,(H,17,18)(H,19,20). The van der Waals surface area contributed by atoms with Crippen LogP contribution in [-0.4, -0.2) is 23.5 Å². The summed E-state index contributed by atoms with van der Waals surface area (Å²) in [5.41, 5.74) is 2.63. The summed E-state index contributed by atoms with van der Waals surface area (Å²) >= 11 is 1.67. The Balaban J connectivity index is 1.93. The van der Waals surface area contributed by atoms with Crippen LogP contribution in [-0.2, 0) is 6.42 Å². The molecule has 4 nitrogen and oxygen atoms in total. The average molecular weight is 303 g/mol. The summed E-state index contributed by atoms with van der Waals surface area (Å²) in [6.07, 6.45) is 3.54. The van der Waals surface area contributed by atoms with E-state index in [4.69, 9.17) is 0 Å². The Morgan fingerprint density at radius 2 is 2.29 bits per heavy atom. The van der Waals surface area contributed by atoms with E-state index in [0.717, 1.165) is 25.1 Å². The third-order valence-corrected chi connectivity index (χ3v) is 3.80. The number of amides is 1. The van der Waals surface area contributed by atoms with Crippen molar-refractivity contribution in [2.24, 2.45) is 0 Å². The second-order valence-electron chi connectivity index (χ2n) is 5.07. The minimum atomic E-state index is -0.127. The van der Waals surface area contributed by atoms with Crippen LogP contribution in [0.4, 0.5) is 5.69 Å². The normalized spacial score (nSPS) is 11.9. The first-order chi connectivity index (χ1) is 10.2. The Bertz CT molecular complexity index is 569. The number of hydrogen-bond acceptors (Lipinski definition) is 4. The number of carbonyl (C=O) groups is 1. The van der Waals surface area contributed by atoms with Crippen molar-refractivity contribution in [3.63, 3.8) is 0 Å². The molecule has 1 atom stereocenters. The number of pyridine rings is 1. The molecule has 0 saturated carbocycles. The predicted octanol–water partition coefficient (Wildman–Crippen LogP) is 3.33. The maximum atomic E-state index is 12.2. The summed E-state index contributed by atoms with van der Waals surface area (Å²) in [5, 5.41) is 10.4. The van der Waals surface area contributed by atoms with Gasteiger partial charge in [-0.1, -0.05) is 6.92 Å². The maximum Gasteiger partial charge on any atom is 0.270 e. The van der Waals surface area contributed by atoms with Gasteiger partial charge in [0.25, 0.3) is 5.91 Å². The molecule has 1 amide bonds. The monoisotopic (exact) mass is 303 g/mol. The van der Waals surface area contributed by atoms with Gasteiger partial charge in [-0.05, 0) is 54.3 Å². The van der Waals surface area contributed by atoms with Crippen molar-refractivity contribution in [2.45, 2.75) is 32.7 Å². The Morgan fingerprint density at radius 1 is 1.43 bits per heavy atom. The van der Waals surface area contributed by atoms with Crippen LogP contribution in [0.15, 0.2) is 35.2 Å². The highest BCUT2D eigenvalue weighted by molar-refractivity contribution is 7.07. The molecule has 0 aliphatic rings. The third-order valence-electron chi connectivity index (χ3n) is 3.07. The van der Waals surface area contributed by atoms with Crippen LogP contribution >= 0.6 is 11.3 Å². The van der Waals surface area contributed by atoms with Gasteiger partial charge >= 0.3 is 0 Å². The van der Waals surface area contributed by atoms with Gasteiger partial charge in [-0.15, -0.1) is 0 Å². The number of nitrogens with zero attached hydrogens (tertiary/aromatic N) is 1. The predicted molar refractivity (Wildman–Crippen MR) is 88.0 cm³/mol. The number of thiophene rings is 1. The third kappa shape index (κ3) is 4.86. The zero-order valence-corrected chi connectivity index (χ0v) is 13.2. The van der Waals surface area contributed by atoms with E-state index in [9.17, 15) is 4.79 Å². The molecule has 2 rings (SSSR count). The van der Waals surface area contributed by atoms with Gasteiger partial charge in [-0.25, -0.2) is 0 Å². The van der Waals surface area contributed by atoms with Crippen LogP contribution in [0, 0.1) is 0 Å². The highest BCUT2D eigenvalue weighted by atomic mass is 32.1. The van der Waals surface area contributed by atoms with E-state index in [2.05, 4.69) is 34.0 Å². The fourth-order valence-corrected chi connectivity index (χ4v) is 2.73. The van der Waals surface area contributed by atoms with Gasteiger partial charge in [-0.3, -0.25) is 9.78 Å². The van der Waals surface area contributed by atoms with Gasteiger partial charge < -0.3 is 10.6 Å².